The van der Waals surface area contributed by atoms with Crippen molar-refractivity contribution in [3.8, 4) is 0 Å². The van der Waals surface area contributed by atoms with Gasteiger partial charge in [-0.1, -0.05) is 30.3 Å². The van der Waals surface area contributed by atoms with Crippen molar-refractivity contribution in [3.63, 3.8) is 0 Å². The Morgan fingerprint density at radius 2 is 1.56 bits per heavy atom. The van der Waals surface area contributed by atoms with Crippen LogP contribution < -0.4 is 28.7 Å². The molecule has 0 amide bonds. The smallest absolute Gasteiger partial charge is 0.0696 e. The van der Waals surface area contributed by atoms with E-state index in [9.17, 15) is 0 Å². The third kappa shape index (κ3) is 3.32. The Labute approximate surface area is 95.3 Å². The van der Waals surface area contributed by atoms with Gasteiger partial charge < -0.3 is 28.7 Å². The lowest BCUT2D eigenvalue weighted by molar-refractivity contribution is 0.484. The van der Waals surface area contributed by atoms with Crippen LogP contribution in [-0.4, -0.2) is 18.2 Å². The largest absolute Gasteiger partial charge is 0.401 e. The summed E-state index contributed by atoms with van der Waals surface area (Å²) < 4.78 is 0. The Morgan fingerprint density at radius 3 is 2.06 bits per heavy atom. The van der Waals surface area contributed by atoms with Gasteiger partial charge >= 0.3 is 0 Å². The number of nitrogens with two attached hydrogens (primary N) is 5. The van der Waals surface area contributed by atoms with E-state index in [1.807, 2.05) is 30.3 Å². The second-order valence-corrected chi connectivity index (χ2v) is 3.74. The molecule has 5 heteroatoms. The van der Waals surface area contributed by atoms with E-state index in [0.717, 1.165) is 5.56 Å². The van der Waals surface area contributed by atoms with E-state index in [-0.39, 0.29) is 0 Å². The molecule has 0 spiro atoms. The van der Waals surface area contributed by atoms with Crippen molar-refractivity contribution < 1.29 is 0 Å². The summed E-state index contributed by atoms with van der Waals surface area (Å²) in [6, 6.07) is 8.51. The fourth-order valence-corrected chi connectivity index (χ4v) is 1.30. The number of rotatable bonds is 4. The average molecular weight is 221 g/mol. The zero-order chi connectivity index (χ0) is 12.1. The van der Waals surface area contributed by atoms with Gasteiger partial charge in [-0.2, -0.15) is 0 Å². The van der Waals surface area contributed by atoms with Crippen LogP contribution in [0.4, 0.5) is 0 Å². The van der Waals surface area contributed by atoms with Crippen molar-refractivity contribution in [3.05, 3.63) is 41.6 Å². The molecule has 5 nitrogen and oxygen atoms in total. The van der Waals surface area contributed by atoms with E-state index in [1.165, 1.54) is 0 Å². The molecule has 0 saturated heterocycles. The van der Waals surface area contributed by atoms with Gasteiger partial charge in [-0.15, -0.1) is 0 Å². The highest BCUT2D eigenvalue weighted by molar-refractivity contribution is 5.53. The Bertz CT molecular complexity index is 347. The normalized spacial score (nSPS) is 16.2. The Hall–Kier alpha value is -1.40. The van der Waals surface area contributed by atoms with Gasteiger partial charge in [0, 0.05) is 5.70 Å². The molecule has 0 aliphatic carbocycles. The van der Waals surface area contributed by atoms with Gasteiger partial charge in [-0.05, 0) is 11.6 Å². The molecular weight excluding hydrogens is 202 g/mol. The minimum absolute atomic E-state index is 0.472. The molecule has 2 unspecified atom stereocenters. The van der Waals surface area contributed by atoms with Gasteiger partial charge in [0.25, 0.3) is 0 Å². The SMILES string of the molecule is N/C(=C\c1ccccc1)C(N)C(N)C(N)N. The maximum absolute atomic E-state index is 5.83. The van der Waals surface area contributed by atoms with Gasteiger partial charge in [0.1, 0.15) is 0 Å². The van der Waals surface area contributed by atoms with Crippen LogP contribution in [0.1, 0.15) is 5.56 Å². The number of hydrogen-bond donors (Lipinski definition) is 5. The van der Waals surface area contributed by atoms with Crippen molar-refractivity contribution in [2.24, 2.45) is 28.7 Å². The lowest BCUT2D eigenvalue weighted by Crippen LogP contribution is -2.58. The molecule has 0 aliphatic rings. The highest BCUT2D eigenvalue weighted by Gasteiger charge is 2.19. The van der Waals surface area contributed by atoms with Gasteiger partial charge in [0.15, 0.2) is 0 Å². The van der Waals surface area contributed by atoms with Crippen molar-refractivity contribution in [2.75, 3.05) is 0 Å². The van der Waals surface area contributed by atoms with Gasteiger partial charge in [-0.3, -0.25) is 0 Å². The lowest BCUT2D eigenvalue weighted by atomic mass is 10.0. The molecule has 0 aliphatic heterocycles. The van der Waals surface area contributed by atoms with Gasteiger partial charge in [0.05, 0.1) is 18.2 Å². The third-order valence-corrected chi connectivity index (χ3v) is 2.38. The first-order valence-corrected chi connectivity index (χ1v) is 5.07. The maximum atomic E-state index is 5.83. The first-order chi connectivity index (χ1) is 7.52. The zero-order valence-electron chi connectivity index (χ0n) is 9.08. The highest BCUT2D eigenvalue weighted by Crippen LogP contribution is 2.06. The molecule has 1 aromatic carbocycles. The summed E-state index contributed by atoms with van der Waals surface area (Å²) in [5.74, 6) is 0. The summed E-state index contributed by atoms with van der Waals surface area (Å²) in [4.78, 5) is 0. The molecular formula is C11H19N5. The molecule has 0 saturated carbocycles. The Kier molecular flexibility index (Phi) is 4.45. The monoisotopic (exact) mass is 221 g/mol. The topological polar surface area (TPSA) is 130 Å². The molecule has 0 radical (unpaired) electrons. The minimum Gasteiger partial charge on any atom is -0.401 e. The highest BCUT2D eigenvalue weighted by atomic mass is 15.0. The van der Waals surface area contributed by atoms with E-state index in [2.05, 4.69) is 0 Å². The zero-order valence-corrected chi connectivity index (χ0v) is 9.08. The molecule has 0 fully saturated rings. The lowest BCUT2D eigenvalue weighted by Gasteiger charge is -2.23. The van der Waals surface area contributed by atoms with Crippen LogP contribution in [0.15, 0.2) is 36.0 Å². The van der Waals surface area contributed by atoms with Crippen LogP contribution >= 0.6 is 0 Å². The Balaban J connectivity index is 2.78. The van der Waals surface area contributed by atoms with Crippen LogP contribution in [0.25, 0.3) is 6.08 Å². The summed E-state index contributed by atoms with van der Waals surface area (Å²) in [5.41, 5.74) is 29.7. The van der Waals surface area contributed by atoms with Crippen LogP contribution in [0, 0.1) is 0 Å². The predicted molar refractivity (Wildman–Crippen MR) is 66.7 cm³/mol. The minimum atomic E-state index is -0.683. The molecule has 1 rings (SSSR count). The van der Waals surface area contributed by atoms with Crippen LogP contribution in [0.3, 0.4) is 0 Å². The standard InChI is InChI=1S/C11H19N5/c12-8(9(13)10(14)11(15)16)6-7-4-2-1-3-5-7/h1-6,9-11H,12-16H2/b8-6-. The predicted octanol–water partition coefficient (Wildman–Crippen LogP) is -1.12. The average Bonchev–Trinajstić information content (AvgIpc) is 2.28. The van der Waals surface area contributed by atoms with E-state index in [1.54, 1.807) is 6.08 Å². The third-order valence-electron chi connectivity index (χ3n) is 2.38. The van der Waals surface area contributed by atoms with E-state index >= 15 is 0 Å². The summed E-state index contributed by atoms with van der Waals surface area (Å²) in [5, 5.41) is 0. The number of hydrogen-bond acceptors (Lipinski definition) is 5. The maximum Gasteiger partial charge on any atom is 0.0696 e. The molecule has 0 aromatic heterocycles. The summed E-state index contributed by atoms with van der Waals surface area (Å²) in [7, 11) is 0. The van der Waals surface area contributed by atoms with E-state index in [4.69, 9.17) is 28.7 Å². The molecule has 2 atom stereocenters. The molecule has 16 heavy (non-hydrogen) atoms. The molecule has 10 N–H and O–H groups in total. The second-order valence-electron chi connectivity index (χ2n) is 3.74. The number of benzene rings is 1. The quantitative estimate of drug-likeness (QED) is 0.411. The fourth-order valence-electron chi connectivity index (χ4n) is 1.30. The van der Waals surface area contributed by atoms with Gasteiger partial charge in [-0.25, -0.2) is 0 Å². The molecule has 1 aromatic rings. The van der Waals surface area contributed by atoms with Crippen molar-refractivity contribution >= 4 is 6.08 Å². The van der Waals surface area contributed by atoms with Crippen LogP contribution in [-0.2, 0) is 0 Å². The fraction of sp³-hybridized carbons (Fsp3) is 0.273. The van der Waals surface area contributed by atoms with Crippen molar-refractivity contribution in [1.82, 2.24) is 0 Å². The van der Waals surface area contributed by atoms with E-state index in [0.29, 0.717) is 5.70 Å². The first-order valence-electron chi connectivity index (χ1n) is 5.07. The summed E-state index contributed by atoms with van der Waals surface area (Å²) >= 11 is 0. The Morgan fingerprint density at radius 1 is 1.00 bits per heavy atom. The van der Waals surface area contributed by atoms with Crippen LogP contribution in [0.5, 0.6) is 0 Å². The molecule has 0 bridgehead atoms. The van der Waals surface area contributed by atoms with Crippen LogP contribution in [0.2, 0.25) is 0 Å². The van der Waals surface area contributed by atoms with Crippen molar-refractivity contribution in [1.29, 1.82) is 0 Å². The molecule has 0 heterocycles. The molecule has 88 valence electrons. The first kappa shape index (κ1) is 12.7. The summed E-state index contributed by atoms with van der Waals surface area (Å²) in [6.07, 6.45) is 1.09. The van der Waals surface area contributed by atoms with E-state index < -0.39 is 18.2 Å². The van der Waals surface area contributed by atoms with Gasteiger partial charge in [0.2, 0.25) is 0 Å². The van der Waals surface area contributed by atoms with Crippen molar-refractivity contribution in [2.45, 2.75) is 18.2 Å². The second kappa shape index (κ2) is 5.62. The summed E-state index contributed by atoms with van der Waals surface area (Å²) in [6.45, 7) is 0.